The first kappa shape index (κ1) is 30.1. The van der Waals surface area contributed by atoms with E-state index in [9.17, 15) is 14.7 Å². The van der Waals surface area contributed by atoms with E-state index in [4.69, 9.17) is 25.8 Å². The van der Waals surface area contributed by atoms with Crippen LogP contribution in [0.4, 0.5) is 4.79 Å². The van der Waals surface area contributed by atoms with Crippen molar-refractivity contribution in [1.82, 2.24) is 15.1 Å². The van der Waals surface area contributed by atoms with E-state index in [1.54, 1.807) is 16.8 Å². The molecule has 1 aromatic rings. The molecule has 0 aromatic heterocycles. The second-order valence-corrected chi connectivity index (χ2v) is 10.5. The molecule has 1 heterocycles. The van der Waals surface area contributed by atoms with E-state index in [2.05, 4.69) is 11.9 Å². The van der Waals surface area contributed by atoms with Crippen LogP contribution in [-0.2, 0) is 25.4 Å². The molecule has 3 atom stereocenters. The highest BCUT2D eigenvalue weighted by Gasteiger charge is 2.45. The van der Waals surface area contributed by atoms with Crippen LogP contribution in [-0.4, -0.2) is 91.0 Å². The number of halogens is 1. The molecule has 0 aliphatic carbocycles. The van der Waals surface area contributed by atoms with Crippen molar-refractivity contribution >= 4 is 23.6 Å². The highest BCUT2D eigenvalue weighted by atomic mass is 35.5. The van der Waals surface area contributed by atoms with Crippen LogP contribution in [0.3, 0.4) is 0 Å². The minimum absolute atomic E-state index is 0.0183. The molecule has 10 heteroatoms. The first-order valence-corrected chi connectivity index (χ1v) is 12.4. The Morgan fingerprint density at radius 3 is 2.58 bits per heavy atom. The molecule has 1 aromatic carbocycles. The maximum atomic E-state index is 13.7. The van der Waals surface area contributed by atoms with Crippen LogP contribution in [0.5, 0.6) is 0 Å². The van der Waals surface area contributed by atoms with Gasteiger partial charge in [-0.3, -0.25) is 10.1 Å². The number of ether oxygens (including phenoxy) is 3. The van der Waals surface area contributed by atoms with Gasteiger partial charge in [0.2, 0.25) is 12.3 Å². The number of hydrogen-bond donors (Lipinski definition) is 2. The summed E-state index contributed by atoms with van der Waals surface area (Å²) in [7, 11) is 3.20. The largest absolute Gasteiger partial charge is 0.444 e. The number of aliphatic hydroxyl groups is 1. The Morgan fingerprint density at radius 1 is 1.33 bits per heavy atom. The summed E-state index contributed by atoms with van der Waals surface area (Å²) in [5.41, 5.74) is -0.374. The lowest BCUT2D eigenvalue weighted by Gasteiger charge is -2.49. The molecule has 1 saturated heterocycles. The number of piperidine rings is 1. The van der Waals surface area contributed by atoms with Gasteiger partial charge < -0.3 is 29.1 Å². The first-order valence-electron chi connectivity index (χ1n) is 12.1. The van der Waals surface area contributed by atoms with Crippen molar-refractivity contribution in [3.8, 4) is 0 Å². The Labute approximate surface area is 219 Å². The second-order valence-electron chi connectivity index (χ2n) is 10.1. The van der Waals surface area contributed by atoms with Crippen molar-refractivity contribution < 1.29 is 28.9 Å². The van der Waals surface area contributed by atoms with E-state index in [1.807, 2.05) is 45.0 Å². The summed E-state index contributed by atoms with van der Waals surface area (Å²) in [6.45, 7) is 9.99. The van der Waals surface area contributed by atoms with Crippen molar-refractivity contribution in [3.05, 3.63) is 47.5 Å². The zero-order valence-electron chi connectivity index (χ0n) is 22.0. The van der Waals surface area contributed by atoms with Gasteiger partial charge in [0.1, 0.15) is 11.6 Å². The molecule has 2 rings (SSSR count). The average molecular weight is 526 g/mol. The zero-order valence-corrected chi connectivity index (χ0v) is 22.7. The molecule has 9 nitrogen and oxygen atoms in total. The molecular formula is C26H40ClN3O6. The highest BCUT2D eigenvalue weighted by Crippen LogP contribution is 2.32. The van der Waals surface area contributed by atoms with E-state index >= 15 is 0 Å². The van der Waals surface area contributed by atoms with Crippen LogP contribution in [0, 0.1) is 0 Å². The molecule has 1 fully saturated rings. The molecule has 0 spiro atoms. The summed E-state index contributed by atoms with van der Waals surface area (Å²) >= 11 is 6.09. The molecule has 1 aliphatic heterocycles. The highest BCUT2D eigenvalue weighted by molar-refractivity contribution is 6.30. The van der Waals surface area contributed by atoms with Gasteiger partial charge in [-0.1, -0.05) is 29.8 Å². The van der Waals surface area contributed by atoms with Crippen LogP contribution in [0.2, 0.25) is 5.02 Å². The summed E-state index contributed by atoms with van der Waals surface area (Å²) in [5.74, 6) is -0.293. The molecule has 202 valence electrons. The van der Waals surface area contributed by atoms with E-state index in [0.29, 0.717) is 37.4 Å². The predicted octanol–water partition coefficient (Wildman–Crippen LogP) is 3.19. The number of benzene rings is 1. The van der Waals surface area contributed by atoms with Crippen molar-refractivity contribution in [2.24, 2.45) is 0 Å². The third kappa shape index (κ3) is 8.74. The number of methoxy groups -OCH3 is 1. The molecule has 2 unspecified atom stereocenters. The number of nitrogens with zero attached hydrogens (tertiary/aromatic N) is 2. The number of carbonyl (C=O) groups is 2. The van der Waals surface area contributed by atoms with Gasteiger partial charge in [-0.2, -0.15) is 0 Å². The van der Waals surface area contributed by atoms with Gasteiger partial charge >= 0.3 is 6.09 Å². The predicted molar refractivity (Wildman–Crippen MR) is 139 cm³/mol. The SMILES string of the molecule is C=CCOC(O)NC(COC)C(=O)N(C)[C@@]1(Cc2ccc(Cl)cc2)CCCN(C(=O)OC(C)(C)C)C1. The van der Waals surface area contributed by atoms with Crippen LogP contribution < -0.4 is 5.32 Å². The maximum Gasteiger partial charge on any atom is 0.410 e. The molecule has 1 aliphatic rings. The Balaban J connectivity index is 2.35. The van der Waals surface area contributed by atoms with Gasteiger partial charge in [0.05, 0.1) is 18.8 Å². The van der Waals surface area contributed by atoms with Crippen molar-refractivity contribution in [2.45, 2.75) is 63.6 Å². The number of aliphatic hydroxyl groups excluding tert-OH is 1. The molecule has 0 saturated carbocycles. The van der Waals surface area contributed by atoms with Crippen molar-refractivity contribution in [1.29, 1.82) is 0 Å². The van der Waals surface area contributed by atoms with Crippen LogP contribution in [0.15, 0.2) is 36.9 Å². The van der Waals surface area contributed by atoms with E-state index in [0.717, 1.165) is 5.56 Å². The first-order chi connectivity index (χ1) is 16.9. The van der Waals surface area contributed by atoms with Gasteiger partial charge in [-0.15, -0.1) is 6.58 Å². The minimum Gasteiger partial charge on any atom is -0.444 e. The third-order valence-electron chi connectivity index (χ3n) is 6.04. The molecule has 2 amide bonds. The fourth-order valence-corrected chi connectivity index (χ4v) is 4.44. The topological polar surface area (TPSA) is 101 Å². The second kappa shape index (κ2) is 13.4. The lowest BCUT2D eigenvalue weighted by molar-refractivity contribution is -0.152. The fourth-order valence-electron chi connectivity index (χ4n) is 4.32. The van der Waals surface area contributed by atoms with Gasteiger partial charge in [0.25, 0.3) is 0 Å². The third-order valence-corrected chi connectivity index (χ3v) is 6.29. The van der Waals surface area contributed by atoms with E-state index in [-0.39, 0.29) is 19.1 Å². The Kier molecular flexibility index (Phi) is 11.2. The molecular weight excluding hydrogens is 486 g/mol. The number of hydrogen-bond acceptors (Lipinski definition) is 7. The van der Waals surface area contributed by atoms with Crippen molar-refractivity contribution in [2.75, 3.05) is 40.5 Å². The minimum atomic E-state index is -1.38. The standard InChI is InChI=1S/C26H40ClN3O6/c1-7-15-35-23(32)28-21(17-34-6)22(31)29(5)26(16-19-9-11-20(27)12-10-19)13-8-14-30(18-26)24(33)36-25(2,3)4/h7,9-12,21,23,28,32H,1,8,13-18H2,2-6H3/t21?,23?,26-/m1/s1. The summed E-state index contributed by atoms with van der Waals surface area (Å²) in [6, 6.07) is 6.59. The Morgan fingerprint density at radius 2 is 2.00 bits per heavy atom. The molecule has 0 radical (unpaired) electrons. The smallest absolute Gasteiger partial charge is 0.410 e. The monoisotopic (exact) mass is 525 g/mol. The van der Waals surface area contributed by atoms with Crippen molar-refractivity contribution in [3.63, 3.8) is 0 Å². The fraction of sp³-hybridized carbons (Fsp3) is 0.615. The van der Waals surface area contributed by atoms with Crippen LogP contribution >= 0.6 is 11.6 Å². The Hall–Kier alpha value is -2.17. The number of rotatable bonds is 11. The quantitative estimate of drug-likeness (QED) is 0.338. The lowest BCUT2D eigenvalue weighted by atomic mass is 9.81. The number of likely N-dealkylation sites (N-methyl/N-ethyl adjacent to an activating group) is 1. The number of likely N-dealkylation sites (tertiary alicyclic amines) is 1. The summed E-state index contributed by atoms with van der Waals surface area (Å²) < 4.78 is 16.1. The summed E-state index contributed by atoms with van der Waals surface area (Å²) in [6.07, 6.45) is 1.57. The average Bonchev–Trinajstić information content (AvgIpc) is 2.82. The van der Waals surface area contributed by atoms with Crippen LogP contribution in [0.25, 0.3) is 0 Å². The molecule has 2 N–H and O–H groups in total. The van der Waals surface area contributed by atoms with Crippen LogP contribution in [0.1, 0.15) is 39.2 Å². The van der Waals surface area contributed by atoms with E-state index < -0.39 is 29.7 Å². The summed E-state index contributed by atoms with van der Waals surface area (Å²) in [5, 5.41) is 13.6. The Bertz CT molecular complexity index is 875. The van der Waals surface area contributed by atoms with Gasteiger partial charge in [0, 0.05) is 32.3 Å². The number of carbonyl (C=O) groups excluding carboxylic acids is 2. The zero-order chi connectivity index (χ0) is 26.9. The lowest BCUT2D eigenvalue weighted by Crippen LogP contribution is -2.65. The summed E-state index contributed by atoms with van der Waals surface area (Å²) in [4.78, 5) is 30.0. The molecule has 36 heavy (non-hydrogen) atoms. The molecule has 0 bridgehead atoms. The van der Waals surface area contributed by atoms with Gasteiger partial charge in [0.15, 0.2) is 0 Å². The number of nitrogens with one attached hydrogen (secondary N) is 1. The number of amides is 2. The van der Waals surface area contributed by atoms with Gasteiger partial charge in [-0.25, -0.2) is 4.79 Å². The maximum absolute atomic E-state index is 13.7. The van der Waals surface area contributed by atoms with Gasteiger partial charge in [-0.05, 0) is 57.7 Å². The van der Waals surface area contributed by atoms with E-state index in [1.165, 1.54) is 13.2 Å². The normalized spacial score (nSPS) is 19.9.